The molecule has 0 aliphatic carbocycles. The number of nitrogens with zero attached hydrogens (tertiary/aromatic N) is 1. The topological polar surface area (TPSA) is 42.0 Å². The van der Waals surface area contributed by atoms with Crippen LogP contribution in [0.3, 0.4) is 0 Å². The first-order valence-electron chi connectivity index (χ1n) is 6.14. The largest absolute Gasteiger partial charge is 0.322 e. The average Bonchev–Trinajstić information content (AvgIpc) is 2.49. The Morgan fingerprint density at radius 3 is 2.65 bits per heavy atom. The Labute approximate surface area is 121 Å². The Hall–Kier alpha value is -2.39. The van der Waals surface area contributed by atoms with E-state index >= 15 is 0 Å². The van der Waals surface area contributed by atoms with Gasteiger partial charge in [-0.15, -0.1) is 0 Å². The number of carbonyl (C=O) groups is 1. The third-order valence-electron chi connectivity index (χ3n) is 2.97. The minimum atomic E-state index is -0.155. The van der Waals surface area contributed by atoms with E-state index in [2.05, 4.69) is 10.3 Å². The summed E-state index contributed by atoms with van der Waals surface area (Å²) >= 11 is 5.81. The Morgan fingerprint density at radius 2 is 1.85 bits per heavy atom. The Kier molecular flexibility index (Phi) is 3.35. The minimum Gasteiger partial charge on any atom is -0.322 e. The lowest BCUT2D eigenvalue weighted by Gasteiger charge is -2.06. The fourth-order valence-corrected chi connectivity index (χ4v) is 2.08. The lowest BCUT2D eigenvalue weighted by molar-refractivity contribution is 0.102. The molecule has 0 bridgehead atoms. The SMILES string of the molecule is O=C(Nc1ccc(Cl)cc1)c1ccc2ncccc2c1. The third-order valence-corrected chi connectivity index (χ3v) is 3.22. The molecule has 0 atom stereocenters. The highest BCUT2D eigenvalue weighted by Crippen LogP contribution is 2.17. The van der Waals surface area contributed by atoms with Gasteiger partial charge in [-0.05, 0) is 48.5 Å². The van der Waals surface area contributed by atoms with Crippen molar-refractivity contribution in [1.82, 2.24) is 4.98 Å². The molecule has 3 aromatic rings. The first-order chi connectivity index (χ1) is 9.72. The van der Waals surface area contributed by atoms with Gasteiger partial charge in [0.2, 0.25) is 0 Å². The molecule has 2 aromatic carbocycles. The molecule has 0 radical (unpaired) electrons. The number of hydrogen-bond donors (Lipinski definition) is 1. The maximum absolute atomic E-state index is 12.2. The van der Waals surface area contributed by atoms with Crippen molar-refractivity contribution in [2.45, 2.75) is 0 Å². The van der Waals surface area contributed by atoms with Crippen LogP contribution in [0.5, 0.6) is 0 Å². The summed E-state index contributed by atoms with van der Waals surface area (Å²) in [4.78, 5) is 16.4. The van der Waals surface area contributed by atoms with Gasteiger partial charge in [-0.3, -0.25) is 9.78 Å². The average molecular weight is 283 g/mol. The van der Waals surface area contributed by atoms with Crippen molar-refractivity contribution in [1.29, 1.82) is 0 Å². The van der Waals surface area contributed by atoms with Crippen molar-refractivity contribution in [3.63, 3.8) is 0 Å². The molecule has 0 spiro atoms. The van der Waals surface area contributed by atoms with Gasteiger partial charge in [-0.2, -0.15) is 0 Å². The number of amides is 1. The van der Waals surface area contributed by atoms with E-state index in [0.717, 1.165) is 10.9 Å². The number of anilines is 1. The van der Waals surface area contributed by atoms with E-state index in [4.69, 9.17) is 11.6 Å². The third kappa shape index (κ3) is 2.63. The summed E-state index contributed by atoms with van der Waals surface area (Å²) < 4.78 is 0. The highest BCUT2D eigenvalue weighted by atomic mass is 35.5. The lowest BCUT2D eigenvalue weighted by Crippen LogP contribution is -2.11. The Balaban J connectivity index is 1.86. The van der Waals surface area contributed by atoms with E-state index in [0.29, 0.717) is 16.3 Å². The molecule has 0 aliphatic heterocycles. The van der Waals surface area contributed by atoms with Gasteiger partial charge in [0.15, 0.2) is 0 Å². The van der Waals surface area contributed by atoms with Crippen LogP contribution in [0.2, 0.25) is 5.02 Å². The molecule has 0 saturated heterocycles. The molecule has 20 heavy (non-hydrogen) atoms. The number of pyridine rings is 1. The maximum atomic E-state index is 12.2. The lowest BCUT2D eigenvalue weighted by atomic mass is 10.1. The molecular weight excluding hydrogens is 272 g/mol. The minimum absolute atomic E-state index is 0.155. The van der Waals surface area contributed by atoms with Gasteiger partial charge in [0.25, 0.3) is 5.91 Å². The van der Waals surface area contributed by atoms with Crippen LogP contribution in [0.1, 0.15) is 10.4 Å². The first kappa shape index (κ1) is 12.6. The molecular formula is C16H11ClN2O. The smallest absolute Gasteiger partial charge is 0.255 e. The predicted molar refractivity (Wildman–Crippen MR) is 81.1 cm³/mol. The molecule has 1 amide bonds. The summed E-state index contributed by atoms with van der Waals surface area (Å²) in [5.41, 5.74) is 2.18. The van der Waals surface area contributed by atoms with Gasteiger partial charge in [0.05, 0.1) is 5.52 Å². The Bertz CT molecular complexity index is 769. The van der Waals surface area contributed by atoms with E-state index in [1.807, 2.05) is 24.3 Å². The Morgan fingerprint density at radius 1 is 1.05 bits per heavy atom. The normalized spacial score (nSPS) is 10.4. The van der Waals surface area contributed by atoms with Crippen LogP contribution in [0.4, 0.5) is 5.69 Å². The molecule has 0 unspecified atom stereocenters. The number of carbonyl (C=O) groups excluding carboxylic acids is 1. The van der Waals surface area contributed by atoms with Crippen molar-refractivity contribution in [2.75, 3.05) is 5.32 Å². The van der Waals surface area contributed by atoms with Gasteiger partial charge in [0.1, 0.15) is 0 Å². The van der Waals surface area contributed by atoms with E-state index in [-0.39, 0.29) is 5.91 Å². The van der Waals surface area contributed by atoms with E-state index in [1.54, 1.807) is 36.5 Å². The zero-order valence-corrected chi connectivity index (χ0v) is 11.3. The van der Waals surface area contributed by atoms with Gasteiger partial charge in [0, 0.05) is 27.9 Å². The molecule has 3 nitrogen and oxygen atoms in total. The second kappa shape index (κ2) is 5.31. The molecule has 0 saturated carbocycles. The summed E-state index contributed by atoms with van der Waals surface area (Å²) in [5, 5.41) is 4.41. The highest BCUT2D eigenvalue weighted by Gasteiger charge is 2.07. The quantitative estimate of drug-likeness (QED) is 0.767. The molecule has 3 rings (SSSR count). The molecule has 98 valence electrons. The summed E-state index contributed by atoms with van der Waals surface area (Å²) in [6, 6.07) is 16.2. The highest BCUT2D eigenvalue weighted by molar-refractivity contribution is 6.30. The van der Waals surface area contributed by atoms with E-state index in [1.165, 1.54) is 0 Å². The van der Waals surface area contributed by atoms with Crippen LogP contribution < -0.4 is 5.32 Å². The predicted octanol–water partition coefficient (Wildman–Crippen LogP) is 4.14. The molecule has 1 N–H and O–H groups in total. The van der Waals surface area contributed by atoms with Crippen LogP contribution in [-0.4, -0.2) is 10.9 Å². The van der Waals surface area contributed by atoms with Crippen molar-refractivity contribution in [3.05, 3.63) is 71.4 Å². The second-order valence-corrected chi connectivity index (χ2v) is 4.81. The van der Waals surface area contributed by atoms with Crippen LogP contribution in [0, 0.1) is 0 Å². The number of hydrogen-bond acceptors (Lipinski definition) is 2. The van der Waals surface area contributed by atoms with Crippen LogP contribution in [0.25, 0.3) is 10.9 Å². The summed E-state index contributed by atoms with van der Waals surface area (Å²) in [7, 11) is 0. The number of rotatable bonds is 2. The van der Waals surface area contributed by atoms with Gasteiger partial charge >= 0.3 is 0 Å². The van der Waals surface area contributed by atoms with Crippen LogP contribution in [-0.2, 0) is 0 Å². The van der Waals surface area contributed by atoms with Crippen LogP contribution in [0.15, 0.2) is 60.8 Å². The van der Waals surface area contributed by atoms with Crippen LogP contribution >= 0.6 is 11.6 Å². The van der Waals surface area contributed by atoms with Crippen molar-refractivity contribution < 1.29 is 4.79 Å². The van der Waals surface area contributed by atoms with Gasteiger partial charge in [-0.1, -0.05) is 17.7 Å². The zero-order chi connectivity index (χ0) is 13.9. The van der Waals surface area contributed by atoms with Crippen molar-refractivity contribution >= 4 is 34.1 Å². The zero-order valence-electron chi connectivity index (χ0n) is 10.5. The fourth-order valence-electron chi connectivity index (χ4n) is 1.95. The monoisotopic (exact) mass is 282 g/mol. The van der Waals surface area contributed by atoms with E-state index < -0.39 is 0 Å². The fraction of sp³-hybridized carbons (Fsp3) is 0. The van der Waals surface area contributed by atoms with Crippen molar-refractivity contribution in [2.24, 2.45) is 0 Å². The number of benzene rings is 2. The summed E-state index contributed by atoms with van der Waals surface area (Å²) in [6.07, 6.45) is 1.73. The van der Waals surface area contributed by atoms with E-state index in [9.17, 15) is 4.79 Å². The number of nitrogens with one attached hydrogen (secondary N) is 1. The molecule has 0 aliphatic rings. The molecule has 1 heterocycles. The summed E-state index contributed by atoms with van der Waals surface area (Å²) in [6.45, 7) is 0. The number of halogens is 1. The second-order valence-electron chi connectivity index (χ2n) is 4.37. The first-order valence-corrected chi connectivity index (χ1v) is 6.52. The van der Waals surface area contributed by atoms with Crippen molar-refractivity contribution in [3.8, 4) is 0 Å². The molecule has 1 aromatic heterocycles. The van der Waals surface area contributed by atoms with Gasteiger partial charge < -0.3 is 5.32 Å². The number of fused-ring (bicyclic) bond motifs is 1. The number of aromatic nitrogens is 1. The standard InChI is InChI=1S/C16H11ClN2O/c17-13-4-6-14(7-5-13)19-16(20)12-3-8-15-11(10-12)2-1-9-18-15/h1-10H,(H,19,20). The summed E-state index contributed by atoms with van der Waals surface area (Å²) in [5.74, 6) is -0.155. The molecule has 4 heteroatoms. The van der Waals surface area contributed by atoms with Gasteiger partial charge in [-0.25, -0.2) is 0 Å². The molecule has 0 fully saturated rings. The maximum Gasteiger partial charge on any atom is 0.255 e.